The zero-order valence-electron chi connectivity index (χ0n) is 10.2. The number of amides is 1. The van der Waals surface area contributed by atoms with E-state index < -0.39 is 0 Å². The Kier molecular flexibility index (Phi) is 5.07. The fourth-order valence-corrected chi connectivity index (χ4v) is 3.33. The SMILES string of the molecule is O=C(NCC1CCCC(Br)C1)c1ccc(Cl)cc1. The van der Waals surface area contributed by atoms with Crippen LogP contribution < -0.4 is 5.32 Å². The lowest BCUT2D eigenvalue weighted by molar-refractivity contribution is 0.0944. The fraction of sp³-hybridized carbons (Fsp3) is 0.500. The van der Waals surface area contributed by atoms with Crippen LogP contribution >= 0.6 is 27.5 Å². The van der Waals surface area contributed by atoms with Crippen LogP contribution in [0.3, 0.4) is 0 Å². The summed E-state index contributed by atoms with van der Waals surface area (Å²) in [6, 6.07) is 6.99. The predicted molar refractivity (Wildman–Crippen MR) is 78.5 cm³/mol. The van der Waals surface area contributed by atoms with E-state index in [-0.39, 0.29) is 5.91 Å². The van der Waals surface area contributed by atoms with Gasteiger partial charge in [-0.05, 0) is 49.4 Å². The molecular formula is C14H17BrClNO. The molecule has 0 bridgehead atoms. The summed E-state index contributed by atoms with van der Waals surface area (Å²) in [7, 11) is 0. The predicted octanol–water partition coefficient (Wildman–Crippen LogP) is 4.02. The second kappa shape index (κ2) is 6.58. The molecule has 0 radical (unpaired) electrons. The summed E-state index contributed by atoms with van der Waals surface area (Å²) in [5.74, 6) is 0.586. The molecule has 1 aliphatic rings. The molecule has 2 unspecified atom stereocenters. The molecule has 1 aliphatic carbocycles. The molecule has 1 aromatic rings. The lowest BCUT2D eigenvalue weighted by Crippen LogP contribution is -2.31. The lowest BCUT2D eigenvalue weighted by Gasteiger charge is -2.25. The first-order valence-corrected chi connectivity index (χ1v) is 7.62. The molecule has 2 atom stereocenters. The average Bonchev–Trinajstić information content (AvgIpc) is 2.37. The molecule has 0 spiro atoms. The summed E-state index contributed by atoms with van der Waals surface area (Å²) in [6.45, 7) is 0.767. The summed E-state index contributed by atoms with van der Waals surface area (Å²) in [4.78, 5) is 12.5. The van der Waals surface area contributed by atoms with E-state index in [4.69, 9.17) is 11.6 Å². The Morgan fingerprint density at radius 1 is 1.33 bits per heavy atom. The van der Waals surface area contributed by atoms with Gasteiger partial charge in [-0.15, -0.1) is 0 Å². The van der Waals surface area contributed by atoms with E-state index >= 15 is 0 Å². The Balaban J connectivity index is 1.82. The van der Waals surface area contributed by atoms with Crippen LogP contribution in [0.2, 0.25) is 5.02 Å². The molecular weight excluding hydrogens is 314 g/mol. The van der Waals surface area contributed by atoms with Crippen molar-refractivity contribution in [3.8, 4) is 0 Å². The largest absolute Gasteiger partial charge is 0.352 e. The van der Waals surface area contributed by atoms with Crippen molar-refractivity contribution in [1.82, 2.24) is 5.32 Å². The number of nitrogens with one attached hydrogen (secondary N) is 1. The van der Waals surface area contributed by atoms with Crippen molar-refractivity contribution in [2.75, 3.05) is 6.54 Å². The zero-order chi connectivity index (χ0) is 13.0. The van der Waals surface area contributed by atoms with Crippen LogP contribution in [0.15, 0.2) is 24.3 Å². The van der Waals surface area contributed by atoms with E-state index in [1.165, 1.54) is 19.3 Å². The van der Waals surface area contributed by atoms with Crippen molar-refractivity contribution in [2.45, 2.75) is 30.5 Å². The van der Waals surface area contributed by atoms with Gasteiger partial charge in [-0.3, -0.25) is 4.79 Å². The Hall–Kier alpha value is -0.540. The minimum Gasteiger partial charge on any atom is -0.352 e. The van der Waals surface area contributed by atoms with Crippen molar-refractivity contribution in [1.29, 1.82) is 0 Å². The van der Waals surface area contributed by atoms with Gasteiger partial charge in [0.15, 0.2) is 0 Å². The van der Waals surface area contributed by atoms with Gasteiger partial charge in [0.25, 0.3) is 5.91 Å². The van der Waals surface area contributed by atoms with Gasteiger partial charge in [0.2, 0.25) is 0 Å². The number of carbonyl (C=O) groups is 1. The number of carbonyl (C=O) groups excluding carboxylic acids is 1. The number of benzene rings is 1. The molecule has 0 aliphatic heterocycles. The lowest BCUT2D eigenvalue weighted by atomic mass is 9.89. The molecule has 0 saturated heterocycles. The Morgan fingerprint density at radius 2 is 2.06 bits per heavy atom. The first kappa shape index (κ1) is 13.9. The monoisotopic (exact) mass is 329 g/mol. The number of rotatable bonds is 3. The highest BCUT2D eigenvalue weighted by Gasteiger charge is 2.20. The molecule has 1 saturated carbocycles. The number of hydrogen-bond donors (Lipinski definition) is 1. The first-order chi connectivity index (χ1) is 8.65. The minimum atomic E-state index is -0.0108. The van der Waals surface area contributed by atoms with Gasteiger partial charge in [0.05, 0.1) is 0 Å². The summed E-state index contributed by atoms with van der Waals surface area (Å²) >= 11 is 9.46. The Bertz CT molecular complexity index is 407. The molecule has 0 aromatic heterocycles. The molecule has 2 nitrogen and oxygen atoms in total. The Labute approximate surface area is 121 Å². The van der Waals surface area contributed by atoms with Crippen molar-refractivity contribution in [2.24, 2.45) is 5.92 Å². The van der Waals surface area contributed by atoms with Gasteiger partial charge >= 0.3 is 0 Å². The van der Waals surface area contributed by atoms with E-state index in [2.05, 4.69) is 21.2 Å². The van der Waals surface area contributed by atoms with Gasteiger partial charge in [0, 0.05) is 22.0 Å². The molecule has 18 heavy (non-hydrogen) atoms. The van der Waals surface area contributed by atoms with Gasteiger partial charge in [0.1, 0.15) is 0 Å². The van der Waals surface area contributed by atoms with E-state index in [0.717, 1.165) is 13.0 Å². The third kappa shape index (κ3) is 3.99. The van der Waals surface area contributed by atoms with Crippen LogP contribution in [-0.2, 0) is 0 Å². The highest BCUT2D eigenvalue weighted by atomic mass is 79.9. The van der Waals surface area contributed by atoms with Crippen LogP contribution in [0.4, 0.5) is 0 Å². The molecule has 0 heterocycles. The highest BCUT2D eigenvalue weighted by molar-refractivity contribution is 9.09. The van der Waals surface area contributed by atoms with Crippen LogP contribution in [0.5, 0.6) is 0 Å². The van der Waals surface area contributed by atoms with Crippen LogP contribution in [-0.4, -0.2) is 17.3 Å². The molecule has 1 aromatic carbocycles. The molecule has 4 heteroatoms. The Morgan fingerprint density at radius 3 is 2.72 bits per heavy atom. The number of halogens is 2. The topological polar surface area (TPSA) is 29.1 Å². The molecule has 1 fully saturated rings. The van der Waals surface area contributed by atoms with E-state index in [9.17, 15) is 4.79 Å². The van der Waals surface area contributed by atoms with Crippen molar-refractivity contribution in [3.63, 3.8) is 0 Å². The normalized spacial score (nSPS) is 23.7. The smallest absolute Gasteiger partial charge is 0.251 e. The van der Waals surface area contributed by atoms with Gasteiger partial charge in [-0.1, -0.05) is 34.0 Å². The van der Waals surface area contributed by atoms with Crippen molar-refractivity contribution < 1.29 is 4.79 Å². The van der Waals surface area contributed by atoms with Crippen LogP contribution in [0.1, 0.15) is 36.0 Å². The zero-order valence-corrected chi connectivity index (χ0v) is 12.5. The summed E-state index contributed by atoms with van der Waals surface area (Å²) in [5.41, 5.74) is 0.672. The average molecular weight is 331 g/mol. The van der Waals surface area contributed by atoms with Crippen molar-refractivity contribution in [3.05, 3.63) is 34.9 Å². The maximum atomic E-state index is 11.9. The molecule has 98 valence electrons. The van der Waals surface area contributed by atoms with E-state index in [1.807, 2.05) is 0 Å². The summed E-state index contributed by atoms with van der Waals surface area (Å²) in [5, 5.41) is 3.66. The first-order valence-electron chi connectivity index (χ1n) is 6.33. The maximum absolute atomic E-state index is 11.9. The van der Waals surface area contributed by atoms with Crippen LogP contribution in [0.25, 0.3) is 0 Å². The fourth-order valence-electron chi connectivity index (χ4n) is 2.35. The van der Waals surface area contributed by atoms with E-state index in [1.54, 1.807) is 24.3 Å². The number of hydrogen-bond acceptors (Lipinski definition) is 1. The second-order valence-electron chi connectivity index (χ2n) is 4.85. The third-order valence-corrected chi connectivity index (χ3v) is 4.46. The van der Waals surface area contributed by atoms with E-state index in [0.29, 0.717) is 21.3 Å². The van der Waals surface area contributed by atoms with Gasteiger partial charge < -0.3 is 5.32 Å². The maximum Gasteiger partial charge on any atom is 0.251 e. The minimum absolute atomic E-state index is 0.0108. The standard InChI is InChI=1S/C14H17BrClNO/c15-12-3-1-2-10(8-12)9-17-14(18)11-4-6-13(16)7-5-11/h4-7,10,12H,1-3,8-9H2,(H,17,18). The van der Waals surface area contributed by atoms with Crippen molar-refractivity contribution >= 4 is 33.4 Å². The van der Waals surface area contributed by atoms with Gasteiger partial charge in [-0.2, -0.15) is 0 Å². The highest BCUT2D eigenvalue weighted by Crippen LogP contribution is 2.28. The van der Waals surface area contributed by atoms with Crippen LogP contribution in [0, 0.1) is 5.92 Å². The molecule has 1 amide bonds. The van der Waals surface area contributed by atoms with Gasteiger partial charge in [-0.25, -0.2) is 0 Å². The summed E-state index contributed by atoms with van der Waals surface area (Å²) < 4.78 is 0. The third-order valence-electron chi connectivity index (χ3n) is 3.38. The molecule has 2 rings (SSSR count). The molecule has 1 N–H and O–H groups in total. The number of alkyl halides is 1. The summed E-state index contributed by atoms with van der Waals surface area (Å²) in [6.07, 6.45) is 4.86. The second-order valence-corrected chi connectivity index (χ2v) is 6.58. The quantitative estimate of drug-likeness (QED) is 0.833.